The Balaban J connectivity index is 1.54. The van der Waals surface area contributed by atoms with Crippen molar-refractivity contribution in [2.24, 2.45) is 0 Å². The molecule has 0 spiro atoms. The molecule has 0 radical (unpaired) electrons. The molecule has 5 aromatic carbocycles. The zero-order valence-corrected chi connectivity index (χ0v) is 31.9. The van der Waals surface area contributed by atoms with E-state index >= 15 is 0 Å². The smallest absolute Gasteiger partial charge is 0.149 e. The number of rotatable bonds is 5. The van der Waals surface area contributed by atoms with Gasteiger partial charge in [-0.2, -0.15) is 0 Å². The quantitative estimate of drug-likeness (QED) is 0.196. The molecule has 4 nitrogen and oxygen atoms in total. The van der Waals surface area contributed by atoms with E-state index in [4.69, 9.17) is 9.97 Å². The lowest BCUT2D eigenvalue weighted by atomic mass is 9.79. The van der Waals surface area contributed by atoms with E-state index in [0.717, 1.165) is 66.9 Å². The summed E-state index contributed by atoms with van der Waals surface area (Å²) in [7, 11) is 0. The monoisotopic (exact) mass is 683 g/mol. The molecule has 0 fully saturated rings. The van der Waals surface area contributed by atoms with Crippen LogP contribution in [-0.2, 0) is 16.2 Å². The fraction of sp³-hybridized carbons (Fsp3) is 0.250. The van der Waals surface area contributed by atoms with Crippen molar-refractivity contribution in [1.82, 2.24) is 14.5 Å². The Morgan fingerprint density at radius 2 is 1.15 bits per heavy atom. The van der Waals surface area contributed by atoms with E-state index in [9.17, 15) is 5.11 Å². The van der Waals surface area contributed by atoms with Crippen LogP contribution >= 0.6 is 0 Å². The van der Waals surface area contributed by atoms with Crippen LogP contribution in [0.5, 0.6) is 5.75 Å². The van der Waals surface area contributed by atoms with Crippen LogP contribution in [0, 0.1) is 0 Å². The van der Waals surface area contributed by atoms with Gasteiger partial charge in [-0.05, 0) is 74.9 Å². The Labute approximate surface area is 308 Å². The van der Waals surface area contributed by atoms with Gasteiger partial charge in [0, 0.05) is 28.5 Å². The van der Waals surface area contributed by atoms with Gasteiger partial charge in [0.2, 0.25) is 0 Å². The number of phenolic OH excluding ortho intramolecular Hbond substituents is 1. The molecule has 0 aliphatic carbocycles. The van der Waals surface area contributed by atoms with Gasteiger partial charge in [-0.25, -0.2) is 4.98 Å². The normalized spacial score (nSPS) is 12.4. The minimum Gasteiger partial charge on any atom is -0.507 e. The lowest BCUT2D eigenvalue weighted by Gasteiger charge is -2.27. The molecule has 0 saturated heterocycles. The van der Waals surface area contributed by atoms with Gasteiger partial charge in [-0.15, -0.1) is 0 Å². The Hall–Kier alpha value is -5.48. The van der Waals surface area contributed by atoms with Crippen LogP contribution in [0.25, 0.3) is 61.6 Å². The fourth-order valence-electron chi connectivity index (χ4n) is 7.00. The van der Waals surface area contributed by atoms with E-state index in [1.807, 2.05) is 12.3 Å². The van der Waals surface area contributed by atoms with Crippen molar-refractivity contribution in [2.75, 3.05) is 0 Å². The van der Waals surface area contributed by atoms with Gasteiger partial charge in [0.25, 0.3) is 0 Å². The zero-order valence-electron chi connectivity index (χ0n) is 31.9. The predicted octanol–water partition coefficient (Wildman–Crippen LogP) is 12.7. The van der Waals surface area contributed by atoms with Crippen LogP contribution < -0.4 is 0 Å². The number of aromatic hydroxyl groups is 1. The number of fused-ring (bicyclic) bond motifs is 1. The van der Waals surface area contributed by atoms with Crippen molar-refractivity contribution in [3.05, 3.63) is 144 Å². The number of hydrogen-bond donors (Lipinski definition) is 1. The molecule has 4 heteroatoms. The van der Waals surface area contributed by atoms with Gasteiger partial charge in [0.15, 0.2) is 0 Å². The van der Waals surface area contributed by atoms with E-state index in [0.29, 0.717) is 5.82 Å². The molecule has 0 atom stereocenters. The number of benzene rings is 5. The molecule has 1 N–H and O–H groups in total. The van der Waals surface area contributed by atoms with Crippen molar-refractivity contribution < 1.29 is 5.11 Å². The summed E-state index contributed by atoms with van der Waals surface area (Å²) < 4.78 is 2.24. The topological polar surface area (TPSA) is 50.9 Å². The van der Waals surface area contributed by atoms with Gasteiger partial charge >= 0.3 is 0 Å². The van der Waals surface area contributed by atoms with E-state index in [1.54, 1.807) is 0 Å². The zero-order chi connectivity index (χ0) is 37.0. The third-order valence-corrected chi connectivity index (χ3v) is 10.0. The summed E-state index contributed by atoms with van der Waals surface area (Å²) in [6.07, 6.45) is 1.91. The Morgan fingerprint density at radius 3 is 1.87 bits per heavy atom. The molecule has 0 unspecified atom stereocenters. The number of aromatic nitrogens is 3. The molecule has 0 aliphatic rings. The van der Waals surface area contributed by atoms with E-state index in [-0.39, 0.29) is 22.0 Å². The second kappa shape index (κ2) is 12.9. The van der Waals surface area contributed by atoms with Crippen LogP contribution in [0.2, 0.25) is 0 Å². The number of phenols is 1. The first-order valence-electron chi connectivity index (χ1n) is 18.2. The highest BCUT2D eigenvalue weighted by Gasteiger charge is 2.29. The molecular weight excluding hydrogens is 635 g/mol. The third kappa shape index (κ3) is 6.54. The Morgan fingerprint density at radius 1 is 0.519 bits per heavy atom. The summed E-state index contributed by atoms with van der Waals surface area (Å²) in [5.74, 6) is 0.971. The highest BCUT2D eigenvalue weighted by atomic mass is 16.3. The first-order valence-corrected chi connectivity index (χ1v) is 18.2. The summed E-state index contributed by atoms with van der Waals surface area (Å²) in [4.78, 5) is 10.3. The lowest BCUT2D eigenvalue weighted by Crippen LogP contribution is -2.17. The van der Waals surface area contributed by atoms with E-state index in [1.165, 1.54) is 5.56 Å². The van der Waals surface area contributed by atoms with Crippen LogP contribution in [0.4, 0.5) is 0 Å². The molecular formula is C48H49N3O. The Bertz CT molecular complexity index is 2410. The summed E-state index contributed by atoms with van der Waals surface area (Å²) in [6, 6.07) is 42.6. The molecule has 262 valence electrons. The maximum Gasteiger partial charge on any atom is 0.149 e. The van der Waals surface area contributed by atoms with Crippen molar-refractivity contribution in [3.8, 4) is 56.3 Å². The number of nitrogens with zero attached hydrogens (tertiary/aromatic N) is 3. The van der Waals surface area contributed by atoms with Crippen molar-refractivity contribution in [3.63, 3.8) is 0 Å². The minimum atomic E-state index is -0.289. The molecule has 0 saturated carbocycles. The van der Waals surface area contributed by atoms with Gasteiger partial charge in [-0.3, -0.25) is 9.55 Å². The molecule has 0 aliphatic heterocycles. The fourth-order valence-corrected chi connectivity index (χ4v) is 7.00. The number of imidazole rings is 1. The van der Waals surface area contributed by atoms with Gasteiger partial charge in [0.05, 0.1) is 28.0 Å². The molecule has 7 aromatic rings. The molecule has 0 amide bonds. The van der Waals surface area contributed by atoms with Crippen LogP contribution in [-0.4, -0.2) is 19.6 Å². The average Bonchev–Trinajstić information content (AvgIpc) is 3.50. The molecule has 7 rings (SSSR count). The number of pyridine rings is 1. The van der Waals surface area contributed by atoms with E-state index in [2.05, 4.69) is 182 Å². The SMILES string of the molecule is CC(C)(C)c1ccnc(-c2cccc(-c3cccc4c3nc(-c3cc(C(C)(C)C)cc(C(C)(C)C)c3O)n4-c3ccccc3-c3ccccc3)c2)c1. The minimum absolute atomic E-state index is 0.0167. The highest BCUT2D eigenvalue weighted by molar-refractivity contribution is 5.97. The standard InChI is InChI=1S/C48H49N3O/c1-46(2,3)34-25-26-49-40(30-34)33-20-15-19-32(27-33)37-22-16-24-42-43(37)50-45(38-28-35(47(4,5)6)29-39(44(38)52)48(7,8)9)51(42)41-23-14-13-21-36(41)31-17-11-10-12-18-31/h10-30,52H,1-9H3. The van der Waals surface area contributed by atoms with Crippen molar-refractivity contribution in [2.45, 2.75) is 78.6 Å². The average molecular weight is 684 g/mol. The second-order valence-electron chi connectivity index (χ2n) is 17.0. The van der Waals surface area contributed by atoms with Gasteiger partial charge in [-0.1, -0.05) is 147 Å². The number of para-hydroxylation sites is 2. The number of hydrogen-bond acceptors (Lipinski definition) is 3. The molecule has 2 aromatic heterocycles. The van der Waals surface area contributed by atoms with Crippen LogP contribution in [0.1, 0.15) is 79.0 Å². The third-order valence-electron chi connectivity index (χ3n) is 10.0. The predicted molar refractivity (Wildman–Crippen MR) is 218 cm³/mol. The molecule has 2 heterocycles. The summed E-state index contributed by atoms with van der Waals surface area (Å²) in [5, 5.41) is 12.2. The first-order chi connectivity index (χ1) is 24.6. The van der Waals surface area contributed by atoms with Crippen molar-refractivity contribution >= 4 is 11.0 Å². The van der Waals surface area contributed by atoms with Gasteiger partial charge < -0.3 is 5.11 Å². The second-order valence-corrected chi connectivity index (χ2v) is 17.0. The molecule has 0 bridgehead atoms. The summed E-state index contributed by atoms with van der Waals surface area (Å²) >= 11 is 0. The first kappa shape index (κ1) is 34.9. The molecule has 52 heavy (non-hydrogen) atoms. The lowest BCUT2D eigenvalue weighted by molar-refractivity contribution is 0.446. The van der Waals surface area contributed by atoms with Gasteiger partial charge in [0.1, 0.15) is 11.6 Å². The highest BCUT2D eigenvalue weighted by Crippen LogP contribution is 2.45. The maximum absolute atomic E-state index is 12.2. The summed E-state index contributed by atoms with van der Waals surface area (Å²) in [5.41, 5.74) is 12.7. The van der Waals surface area contributed by atoms with Crippen molar-refractivity contribution in [1.29, 1.82) is 0 Å². The van der Waals surface area contributed by atoms with E-state index < -0.39 is 0 Å². The van der Waals surface area contributed by atoms with Crippen LogP contribution in [0.3, 0.4) is 0 Å². The largest absolute Gasteiger partial charge is 0.507 e. The Kier molecular flexibility index (Phi) is 8.69. The van der Waals surface area contributed by atoms with Crippen LogP contribution in [0.15, 0.2) is 128 Å². The summed E-state index contributed by atoms with van der Waals surface area (Å²) in [6.45, 7) is 19.8. The maximum atomic E-state index is 12.2.